The lowest BCUT2D eigenvalue weighted by Gasteiger charge is -2.12. The maximum Gasteiger partial charge on any atom is 0.106 e. The molecule has 1 unspecified atom stereocenters. The molecule has 0 saturated heterocycles. The highest BCUT2D eigenvalue weighted by Crippen LogP contribution is 2.40. The van der Waals surface area contributed by atoms with Crippen LogP contribution in [0.2, 0.25) is 5.02 Å². The van der Waals surface area contributed by atoms with Gasteiger partial charge in [-0.05, 0) is 36.1 Å². The van der Waals surface area contributed by atoms with Gasteiger partial charge in [-0.15, -0.1) is 0 Å². The Morgan fingerprint density at radius 1 is 1.35 bits per heavy atom. The molecule has 0 bridgehead atoms. The Bertz CT molecular complexity index is 438. The van der Waals surface area contributed by atoms with Gasteiger partial charge in [0.1, 0.15) is 6.79 Å². The Hall–Kier alpha value is -1.38. The van der Waals surface area contributed by atoms with Crippen LogP contribution < -0.4 is 0 Å². The molecule has 0 aromatic carbocycles. The van der Waals surface area contributed by atoms with Crippen molar-refractivity contribution in [3.05, 3.63) is 47.5 Å². The van der Waals surface area contributed by atoms with E-state index in [4.69, 9.17) is 21.5 Å². The van der Waals surface area contributed by atoms with Crippen LogP contribution in [0.4, 0.5) is 0 Å². The first-order valence-corrected chi connectivity index (χ1v) is 5.67. The average molecular weight is 251 g/mol. The van der Waals surface area contributed by atoms with E-state index in [1.165, 1.54) is 11.1 Å². The number of rotatable bonds is 0. The highest BCUT2D eigenvalue weighted by atomic mass is 35.5. The first-order valence-electron chi connectivity index (χ1n) is 5.29. The zero-order chi connectivity index (χ0) is 12.8. The number of fused-ring (bicyclic) bond motifs is 1. The van der Waals surface area contributed by atoms with Crippen molar-refractivity contribution in [2.24, 2.45) is 0 Å². The minimum Gasteiger partial charge on any atom is -0.385 e. The number of aliphatic hydroxyl groups is 1. The van der Waals surface area contributed by atoms with Gasteiger partial charge in [0.15, 0.2) is 0 Å². The Labute approximate surface area is 106 Å². The van der Waals surface area contributed by atoms with Crippen molar-refractivity contribution < 1.29 is 9.90 Å². The van der Waals surface area contributed by atoms with E-state index in [9.17, 15) is 0 Å². The molecule has 2 nitrogen and oxygen atoms in total. The van der Waals surface area contributed by atoms with E-state index < -0.39 is 0 Å². The number of hydrogen-bond donors (Lipinski definition) is 1. The van der Waals surface area contributed by atoms with Crippen molar-refractivity contribution in [3.8, 4) is 11.1 Å². The van der Waals surface area contributed by atoms with Crippen LogP contribution in [0.1, 0.15) is 12.8 Å². The van der Waals surface area contributed by atoms with E-state index in [1.54, 1.807) is 6.08 Å². The molecule has 0 fully saturated rings. The summed E-state index contributed by atoms with van der Waals surface area (Å²) in [4.78, 5) is 8.00. The van der Waals surface area contributed by atoms with Gasteiger partial charge in [-0.25, -0.2) is 0 Å². The Morgan fingerprint density at radius 2 is 2.06 bits per heavy atom. The molecular formula is C14H15ClO2. The number of carbonyl (C=O) groups excluding carboxylic acids is 1. The fourth-order valence-electron chi connectivity index (χ4n) is 1.49. The third-order valence-corrected chi connectivity index (χ3v) is 2.89. The molecule has 17 heavy (non-hydrogen) atoms. The first kappa shape index (κ1) is 13.7. The van der Waals surface area contributed by atoms with E-state index in [0.29, 0.717) is 0 Å². The summed E-state index contributed by atoms with van der Waals surface area (Å²) in [7, 11) is 0. The monoisotopic (exact) mass is 250 g/mol. The molecule has 90 valence electrons. The lowest BCUT2D eigenvalue weighted by molar-refractivity contribution is -0.0979. The molecule has 3 heteroatoms. The summed E-state index contributed by atoms with van der Waals surface area (Å²) in [6.45, 7) is 5.69. The molecule has 0 saturated carbocycles. The molecular weight excluding hydrogens is 236 g/mol. The van der Waals surface area contributed by atoms with Gasteiger partial charge in [0.05, 0.1) is 6.10 Å². The van der Waals surface area contributed by atoms with Crippen LogP contribution in [0.15, 0.2) is 42.5 Å². The van der Waals surface area contributed by atoms with E-state index >= 15 is 0 Å². The van der Waals surface area contributed by atoms with Crippen LogP contribution in [0.3, 0.4) is 0 Å². The molecule has 0 aliphatic heterocycles. The molecule has 0 amide bonds. The number of allylic oxidation sites excluding steroid dienone is 1. The summed E-state index contributed by atoms with van der Waals surface area (Å²) in [5.74, 6) is 0. The fraction of sp³-hybridized carbons (Fsp3) is 0.214. The molecule has 0 heterocycles. The summed E-state index contributed by atoms with van der Waals surface area (Å²) in [6, 6.07) is 6.02. The Morgan fingerprint density at radius 3 is 2.29 bits per heavy atom. The maximum absolute atomic E-state index is 8.99. The van der Waals surface area contributed by atoms with Crippen molar-refractivity contribution in [2.45, 2.75) is 18.9 Å². The Kier molecular flexibility index (Phi) is 5.13. The normalized spacial score (nSPS) is 18.5. The zero-order valence-electron chi connectivity index (χ0n) is 9.53. The molecule has 0 radical (unpaired) electrons. The second-order valence-electron chi connectivity index (χ2n) is 3.76. The number of aliphatic hydroxyl groups excluding tert-OH is 1. The van der Waals surface area contributed by atoms with Crippen molar-refractivity contribution in [1.29, 1.82) is 0 Å². The summed E-state index contributed by atoms with van der Waals surface area (Å²) in [6.07, 6.45) is 5.38. The van der Waals surface area contributed by atoms with Crippen LogP contribution in [-0.4, -0.2) is 18.0 Å². The highest BCUT2D eigenvalue weighted by molar-refractivity contribution is 6.35. The smallest absolute Gasteiger partial charge is 0.106 e. The predicted octanol–water partition coefficient (Wildman–Crippen LogP) is 3.39. The van der Waals surface area contributed by atoms with E-state index in [2.05, 4.69) is 12.6 Å². The zero-order valence-corrected chi connectivity index (χ0v) is 10.3. The van der Waals surface area contributed by atoms with E-state index in [0.717, 1.165) is 23.4 Å². The van der Waals surface area contributed by atoms with Gasteiger partial charge < -0.3 is 9.90 Å². The van der Waals surface area contributed by atoms with Crippen molar-refractivity contribution in [1.82, 2.24) is 0 Å². The SMILES string of the molecule is C=C1CCC=CC1O.C=O.Clc1ccc2cc1-2. The number of carbonyl (C=O) groups is 1. The second-order valence-corrected chi connectivity index (χ2v) is 4.17. The Balaban J connectivity index is 0.000000149. The van der Waals surface area contributed by atoms with Gasteiger partial charge in [0, 0.05) is 10.6 Å². The third-order valence-electron chi connectivity index (χ3n) is 2.56. The van der Waals surface area contributed by atoms with Gasteiger partial charge in [-0.2, -0.15) is 0 Å². The summed E-state index contributed by atoms with van der Waals surface area (Å²) in [5, 5.41) is 9.89. The van der Waals surface area contributed by atoms with E-state index in [-0.39, 0.29) is 6.10 Å². The van der Waals surface area contributed by atoms with Crippen LogP contribution in [0, 0.1) is 0 Å². The molecule has 3 aliphatic carbocycles. The number of benzene rings is 1. The van der Waals surface area contributed by atoms with Gasteiger partial charge in [0.2, 0.25) is 0 Å². The third kappa shape index (κ3) is 3.84. The highest BCUT2D eigenvalue weighted by Gasteiger charge is 2.14. The minimum absolute atomic E-state index is 0.372. The summed E-state index contributed by atoms with van der Waals surface area (Å²) >= 11 is 5.65. The lowest BCUT2D eigenvalue weighted by Crippen LogP contribution is -2.08. The van der Waals surface area contributed by atoms with Gasteiger partial charge in [-0.1, -0.05) is 36.4 Å². The molecule has 0 spiro atoms. The van der Waals surface area contributed by atoms with Crippen molar-refractivity contribution in [3.63, 3.8) is 0 Å². The summed E-state index contributed by atoms with van der Waals surface area (Å²) < 4.78 is 0. The predicted molar refractivity (Wildman–Crippen MR) is 71.1 cm³/mol. The standard InChI is InChI=1S/C7H10O.C6H3Cl.CH2O/c1-6-4-2-3-5-7(6)8;7-6-2-1-4-3-5(4)6;1-2/h3,5,7-8H,1-2,4H2;1-3H;1H2. The van der Waals surface area contributed by atoms with Crippen LogP contribution >= 0.6 is 11.6 Å². The first-order chi connectivity index (χ1) is 8.18. The second kappa shape index (κ2) is 6.38. The fourth-order valence-corrected chi connectivity index (χ4v) is 1.72. The van der Waals surface area contributed by atoms with Crippen LogP contribution in [0.25, 0.3) is 11.1 Å². The van der Waals surface area contributed by atoms with E-state index in [1.807, 2.05) is 25.0 Å². The van der Waals surface area contributed by atoms with Crippen LogP contribution in [0.5, 0.6) is 0 Å². The maximum atomic E-state index is 8.99. The van der Waals surface area contributed by atoms with Gasteiger partial charge >= 0.3 is 0 Å². The molecule has 3 aliphatic rings. The largest absolute Gasteiger partial charge is 0.385 e. The molecule has 1 N–H and O–H groups in total. The van der Waals surface area contributed by atoms with Crippen molar-refractivity contribution >= 4 is 18.4 Å². The molecule has 1 atom stereocenters. The minimum atomic E-state index is -0.372. The van der Waals surface area contributed by atoms with Crippen molar-refractivity contribution in [2.75, 3.05) is 0 Å². The molecule has 0 aromatic rings. The quantitative estimate of drug-likeness (QED) is 0.728. The van der Waals surface area contributed by atoms with Crippen LogP contribution in [-0.2, 0) is 4.79 Å². The molecule has 0 aromatic heterocycles. The van der Waals surface area contributed by atoms with Gasteiger partial charge in [-0.3, -0.25) is 0 Å². The average Bonchev–Trinajstić information content (AvgIpc) is 3.06. The number of hydrogen-bond acceptors (Lipinski definition) is 2. The van der Waals surface area contributed by atoms with Gasteiger partial charge in [0.25, 0.3) is 0 Å². The number of halogens is 1. The topological polar surface area (TPSA) is 37.3 Å². The molecule has 3 rings (SSSR count). The summed E-state index contributed by atoms with van der Waals surface area (Å²) in [5.41, 5.74) is 3.49. The lowest BCUT2D eigenvalue weighted by atomic mass is 10.0.